The van der Waals surface area contributed by atoms with Gasteiger partial charge in [-0.25, -0.2) is 4.79 Å². The number of benzene rings is 2. The van der Waals surface area contributed by atoms with Gasteiger partial charge in [-0.05, 0) is 55.5 Å². The Morgan fingerprint density at radius 2 is 2.00 bits per heavy atom. The van der Waals surface area contributed by atoms with Gasteiger partial charge in [-0.2, -0.15) is 13.2 Å². The Bertz CT molecular complexity index is 1260. The highest BCUT2D eigenvalue weighted by molar-refractivity contribution is 6.32. The number of hydrogen-bond acceptors (Lipinski definition) is 6. The van der Waals surface area contributed by atoms with Crippen LogP contribution in [-0.2, 0) is 0 Å². The van der Waals surface area contributed by atoms with E-state index in [-0.39, 0.29) is 39.4 Å². The van der Waals surface area contributed by atoms with Crippen molar-refractivity contribution >= 4 is 28.1 Å². The molecule has 0 saturated carbocycles. The lowest BCUT2D eigenvalue weighted by molar-refractivity contribution is -0.272. The van der Waals surface area contributed by atoms with Crippen LogP contribution >= 0.6 is 11.6 Å². The number of anilines is 1. The topological polar surface area (TPSA) is 95.6 Å². The van der Waals surface area contributed by atoms with Crippen LogP contribution in [0, 0.1) is 6.92 Å². The van der Waals surface area contributed by atoms with Gasteiger partial charge in [-0.15, -0.1) is 0 Å². The zero-order valence-corrected chi connectivity index (χ0v) is 17.9. The summed E-state index contributed by atoms with van der Waals surface area (Å²) in [7, 11) is 0. The summed E-state index contributed by atoms with van der Waals surface area (Å²) in [4.78, 5) is 11.9. The average Bonchev–Trinajstić information content (AvgIpc) is 2.74. The summed E-state index contributed by atoms with van der Waals surface area (Å²) in [5.41, 5.74) is -2.78. The number of nitrogens with zero attached hydrogens (tertiary/aromatic N) is 1. The van der Waals surface area contributed by atoms with Crippen molar-refractivity contribution in [3.63, 3.8) is 0 Å². The van der Waals surface area contributed by atoms with E-state index in [4.69, 9.17) is 11.6 Å². The highest BCUT2D eigenvalue weighted by Gasteiger charge is 2.62. The van der Waals surface area contributed by atoms with Crippen LogP contribution in [0.3, 0.4) is 0 Å². The van der Waals surface area contributed by atoms with Gasteiger partial charge in [-0.1, -0.05) is 29.7 Å². The van der Waals surface area contributed by atoms with Gasteiger partial charge in [0, 0.05) is 16.6 Å². The summed E-state index contributed by atoms with van der Waals surface area (Å²) >= 11 is 6.03. The van der Waals surface area contributed by atoms with Crippen molar-refractivity contribution in [2.75, 3.05) is 5.32 Å². The second-order valence-corrected chi connectivity index (χ2v) is 8.43. The van der Waals surface area contributed by atoms with Gasteiger partial charge in [0.05, 0.1) is 22.1 Å². The number of hydrogen-bond donors (Lipinski definition) is 3. The molecule has 3 aromatic rings. The predicted molar refractivity (Wildman–Crippen MR) is 113 cm³/mol. The molecule has 0 aliphatic heterocycles. The first-order valence-corrected chi connectivity index (χ1v) is 10.3. The van der Waals surface area contributed by atoms with Crippen LogP contribution in [-0.4, -0.2) is 27.1 Å². The van der Waals surface area contributed by atoms with Crippen molar-refractivity contribution in [3.05, 3.63) is 62.6 Å². The van der Waals surface area contributed by atoms with Crippen LogP contribution in [0.25, 0.3) is 10.8 Å². The van der Waals surface area contributed by atoms with Crippen molar-refractivity contribution < 1.29 is 27.9 Å². The van der Waals surface area contributed by atoms with E-state index >= 15 is 0 Å². The number of aliphatic hydroxyl groups is 1. The molecular formula is C22H20ClF3N2O4. The molecule has 2 aromatic carbocycles. The molecule has 0 saturated heterocycles. The Morgan fingerprint density at radius 1 is 1.28 bits per heavy atom. The highest BCUT2D eigenvalue weighted by Crippen LogP contribution is 2.55. The molecule has 170 valence electrons. The lowest BCUT2D eigenvalue weighted by atomic mass is 9.69. The first-order valence-electron chi connectivity index (χ1n) is 9.95. The molecule has 4 rings (SSSR count). The number of halogens is 4. The molecule has 1 aromatic heterocycles. The Hall–Kier alpha value is -2.78. The maximum atomic E-state index is 14.2. The molecule has 1 aliphatic carbocycles. The van der Waals surface area contributed by atoms with Crippen molar-refractivity contribution in [1.82, 2.24) is 5.16 Å². The monoisotopic (exact) mass is 468 g/mol. The number of aromatic nitrogens is 1. The summed E-state index contributed by atoms with van der Waals surface area (Å²) < 4.78 is 47.2. The molecular weight excluding hydrogens is 449 g/mol. The van der Waals surface area contributed by atoms with Gasteiger partial charge >= 0.3 is 11.8 Å². The molecule has 32 heavy (non-hydrogen) atoms. The average molecular weight is 469 g/mol. The van der Waals surface area contributed by atoms with E-state index < -0.39 is 35.8 Å². The molecule has 0 amide bonds. The molecule has 0 fully saturated rings. The second-order valence-electron chi connectivity index (χ2n) is 8.02. The zero-order valence-electron chi connectivity index (χ0n) is 17.1. The fourth-order valence-corrected chi connectivity index (χ4v) is 4.61. The predicted octanol–water partition coefficient (Wildman–Crippen LogP) is 5.20. The van der Waals surface area contributed by atoms with E-state index in [0.29, 0.717) is 11.1 Å². The third kappa shape index (κ3) is 3.40. The Balaban J connectivity index is 1.90. The molecule has 1 aliphatic rings. The number of aromatic hydroxyl groups is 1. The van der Waals surface area contributed by atoms with Crippen LogP contribution < -0.4 is 10.9 Å². The number of phenols is 1. The fourth-order valence-electron chi connectivity index (χ4n) is 4.44. The lowest BCUT2D eigenvalue weighted by Gasteiger charge is -2.46. The third-order valence-electron chi connectivity index (χ3n) is 6.15. The maximum absolute atomic E-state index is 14.2. The summed E-state index contributed by atoms with van der Waals surface area (Å²) in [5, 5.41) is 28.6. The van der Waals surface area contributed by atoms with Crippen LogP contribution in [0.5, 0.6) is 5.75 Å². The third-order valence-corrected chi connectivity index (χ3v) is 6.45. The van der Waals surface area contributed by atoms with Crippen LogP contribution in [0.4, 0.5) is 18.9 Å². The number of fused-ring (bicyclic) bond motifs is 2. The van der Waals surface area contributed by atoms with Crippen LogP contribution in [0.15, 0.2) is 39.6 Å². The Morgan fingerprint density at radius 3 is 2.66 bits per heavy atom. The minimum Gasteiger partial charge on any atom is -0.506 e. The standard InChI is InChI=1S/C22H20ClF3N2O4/c1-3-11-9-21(31,22(24,25)26)19(14-6-7-16(23)18(29)17(11)14)27-12-4-5-13-15(8-12)10(2)28-32-20(13)30/h4-8,11,19,27,29,31H,3,9H2,1-2H3/t11-,19+,21+/m1/s1. The summed E-state index contributed by atoms with van der Waals surface area (Å²) in [6, 6.07) is 5.38. The number of phenolic OH excluding ortho intramolecular Hbond substituents is 1. The fraction of sp³-hybridized carbons (Fsp3) is 0.364. The van der Waals surface area contributed by atoms with Crippen molar-refractivity contribution in [1.29, 1.82) is 0 Å². The van der Waals surface area contributed by atoms with Gasteiger partial charge in [0.15, 0.2) is 5.60 Å². The number of rotatable bonds is 3. The summed E-state index contributed by atoms with van der Waals surface area (Å²) in [6.45, 7) is 3.28. The van der Waals surface area contributed by atoms with E-state index in [1.807, 2.05) is 0 Å². The van der Waals surface area contributed by atoms with Gasteiger partial charge in [-0.3, -0.25) is 0 Å². The van der Waals surface area contributed by atoms with Crippen LogP contribution in [0.1, 0.15) is 48.5 Å². The van der Waals surface area contributed by atoms with Gasteiger partial charge < -0.3 is 20.1 Å². The summed E-state index contributed by atoms with van der Waals surface area (Å²) in [5.74, 6) is -1.04. The zero-order chi connectivity index (χ0) is 23.4. The smallest absolute Gasteiger partial charge is 0.419 e. The summed E-state index contributed by atoms with van der Waals surface area (Å²) in [6.07, 6.45) is -5.34. The normalized spacial score (nSPS) is 23.2. The molecule has 10 heteroatoms. The molecule has 3 atom stereocenters. The Kier molecular flexibility index (Phi) is 5.37. The SMILES string of the molecule is CC[C@@H]1C[C@@](O)(C(F)(F)F)[C@@H](Nc2ccc3c(=O)onc(C)c3c2)c2ccc(Cl)c(O)c21. The van der Waals surface area contributed by atoms with Crippen molar-refractivity contribution in [3.8, 4) is 5.75 Å². The van der Waals surface area contributed by atoms with Gasteiger partial charge in [0.25, 0.3) is 0 Å². The molecule has 0 radical (unpaired) electrons. The largest absolute Gasteiger partial charge is 0.506 e. The first kappa shape index (κ1) is 22.4. The van der Waals surface area contributed by atoms with E-state index in [1.54, 1.807) is 13.8 Å². The maximum Gasteiger partial charge on any atom is 0.419 e. The first-order chi connectivity index (χ1) is 15.0. The highest BCUT2D eigenvalue weighted by atomic mass is 35.5. The molecule has 6 nitrogen and oxygen atoms in total. The van der Waals surface area contributed by atoms with Crippen molar-refractivity contribution in [2.24, 2.45) is 0 Å². The van der Waals surface area contributed by atoms with E-state index in [0.717, 1.165) is 0 Å². The van der Waals surface area contributed by atoms with Gasteiger partial charge in [0.2, 0.25) is 0 Å². The second kappa shape index (κ2) is 7.67. The molecule has 0 bridgehead atoms. The van der Waals surface area contributed by atoms with Crippen molar-refractivity contribution in [2.45, 2.75) is 50.4 Å². The minimum atomic E-state index is -4.96. The molecule has 0 spiro atoms. The van der Waals surface area contributed by atoms with E-state index in [1.165, 1.54) is 30.3 Å². The molecule has 3 N–H and O–H groups in total. The molecule has 1 heterocycles. The van der Waals surface area contributed by atoms with E-state index in [9.17, 15) is 28.2 Å². The quantitative estimate of drug-likeness (QED) is 0.489. The number of nitrogens with one attached hydrogen (secondary N) is 1. The molecule has 0 unspecified atom stereocenters. The number of alkyl halides is 3. The Labute approximate surface area is 185 Å². The van der Waals surface area contributed by atoms with Crippen LogP contribution in [0.2, 0.25) is 5.02 Å². The van der Waals surface area contributed by atoms with E-state index in [2.05, 4.69) is 15.0 Å². The lowest BCUT2D eigenvalue weighted by Crippen LogP contribution is -2.55. The number of aryl methyl sites for hydroxylation is 1. The van der Waals surface area contributed by atoms with Gasteiger partial charge in [0.1, 0.15) is 5.75 Å². The minimum absolute atomic E-state index is 0.0255.